The average Bonchev–Trinajstić information content (AvgIpc) is 2.28. The van der Waals surface area contributed by atoms with Crippen LogP contribution in [0.3, 0.4) is 0 Å². The predicted molar refractivity (Wildman–Crippen MR) is 62.9 cm³/mol. The molecule has 84 valence electrons. The molecular weight excluding hydrogens is 202 g/mol. The molecule has 1 atom stereocenters. The molecule has 1 aromatic carbocycles. The van der Waals surface area contributed by atoms with Crippen molar-refractivity contribution in [2.24, 2.45) is 4.99 Å². The Kier molecular flexibility index (Phi) is 2.77. The fourth-order valence-electron chi connectivity index (χ4n) is 2.03. The molecule has 0 N–H and O–H groups in total. The molecule has 0 aromatic heterocycles. The Morgan fingerprint density at radius 2 is 2.19 bits per heavy atom. The highest BCUT2D eigenvalue weighted by Gasteiger charge is 2.24. The zero-order valence-corrected chi connectivity index (χ0v) is 9.78. The number of benzene rings is 1. The largest absolute Gasteiger partial charge is 0.467 e. The first-order valence-corrected chi connectivity index (χ1v) is 5.34. The number of carbonyl (C=O) groups excluding carboxylic acids is 1. The lowest BCUT2D eigenvalue weighted by Gasteiger charge is -2.20. The van der Waals surface area contributed by atoms with Crippen molar-refractivity contribution in [2.75, 3.05) is 7.11 Å². The minimum atomic E-state index is -0.375. The SMILES string of the molecule is COC(=O)C1Cc2ccc(C)cc2C(C)=N1. The number of aliphatic imine (C=N–C) groups is 1. The minimum Gasteiger partial charge on any atom is -0.467 e. The molecule has 1 heterocycles. The van der Waals surface area contributed by atoms with Crippen molar-refractivity contribution in [1.82, 2.24) is 0 Å². The Hall–Kier alpha value is -1.64. The van der Waals surface area contributed by atoms with Crippen LogP contribution < -0.4 is 0 Å². The second-order valence-corrected chi connectivity index (χ2v) is 4.12. The van der Waals surface area contributed by atoms with Gasteiger partial charge in [-0.1, -0.05) is 17.7 Å². The maximum Gasteiger partial charge on any atom is 0.330 e. The third-order valence-electron chi connectivity index (χ3n) is 2.89. The van der Waals surface area contributed by atoms with Gasteiger partial charge in [-0.05, 0) is 31.0 Å². The molecule has 1 aliphatic heterocycles. The van der Waals surface area contributed by atoms with Gasteiger partial charge in [-0.15, -0.1) is 0 Å². The maximum atomic E-state index is 11.5. The third-order valence-corrected chi connectivity index (χ3v) is 2.89. The lowest BCUT2D eigenvalue weighted by atomic mass is 9.93. The van der Waals surface area contributed by atoms with Crippen LogP contribution in [0.2, 0.25) is 0 Å². The summed E-state index contributed by atoms with van der Waals surface area (Å²) in [5, 5.41) is 0. The van der Waals surface area contributed by atoms with Crippen molar-refractivity contribution in [3.63, 3.8) is 0 Å². The number of methoxy groups -OCH3 is 1. The lowest BCUT2D eigenvalue weighted by molar-refractivity contribution is -0.142. The van der Waals surface area contributed by atoms with Crippen LogP contribution in [-0.2, 0) is 16.0 Å². The number of rotatable bonds is 1. The smallest absolute Gasteiger partial charge is 0.330 e. The Morgan fingerprint density at radius 1 is 1.44 bits per heavy atom. The van der Waals surface area contributed by atoms with Gasteiger partial charge in [0.2, 0.25) is 0 Å². The van der Waals surface area contributed by atoms with Gasteiger partial charge in [0, 0.05) is 12.1 Å². The number of aryl methyl sites for hydroxylation is 1. The van der Waals surface area contributed by atoms with Crippen molar-refractivity contribution in [3.8, 4) is 0 Å². The van der Waals surface area contributed by atoms with E-state index >= 15 is 0 Å². The molecule has 1 aliphatic rings. The Morgan fingerprint density at radius 3 is 2.88 bits per heavy atom. The molecule has 0 radical (unpaired) electrons. The number of carbonyl (C=O) groups is 1. The first kappa shape index (κ1) is 10.9. The number of nitrogens with zero attached hydrogens (tertiary/aromatic N) is 1. The highest BCUT2D eigenvalue weighted by molar-refractivity contribution is 6.02. The third kappa shape index (κ3) is 1.85. The second kappa shape index (κ2) is 4.08. The van der Waals surface area contributed by atoms with E-state index in [4.69, 9.17) is 4.74 Å². The highest BCUT2D eigenvalue weighted by Crippen LogP contribution is 2.21. The normalized spacial score (nSPS) is 18.7. The van der Waals surface area contributed by atoms with Crippen LogP contribution in [0, 0.1) is 6.92 Å². The topological polar surface area (TPSA) is 38.7 Å². The first-order valence-electron chi connectivity index (χ1n) is 5.34. The van der Waals surface area contributed by atoms with Crippen molar-refractivity contribution in [2.45, 2.75) is 26.3 Å². The van der Waals surface area contributed by atoms with Crippen LogP contribution in [0.5, 0.6) is 0 Å². The summed E-state index contributed by atoms with van der Waals surface area (Å²) in [6, 6.07) is 5.87. The van der Waals surface area contributed by atoms with Gasteiger partial charge in [0.15, 0.2) is 6.04 Å². The summed E-state index contributed by atoms with van der Waals surface area (Å²) < 4.78 is 4.73. The number of esters is 1. The molecule has 3 nitrogen and oxygen atoms in total. The molecule has 0 aliphatic carbocycles. The molecule has 0 saturated heterocycles. The Bertz CT molecular complexity index is 463. The van der Waals surface area contributed by atoms with Crippen LogP contribution in [0.1, 0.15) is 23.6 Å². The van der Waals surface area contributed by atoms with E-state index in [-0.39, 0.29) is 12.0 Å². The van der Waals surface area contributed by atoms with Gasteiger partial charge in [0.25, 0.3) is 0 Å². The standard InChI is InChI=1S/C13H15NO2/c1-8-4-5-10-7-12(13(15)16-3)14-9(2)11(10)6-8/h4-6,12H,7H2,1-3H3. The van der Waals surface area contributed by atoms with E-state index in [1.807, 2.05) is 6.92 Å². The van der Waals surface area contributed by atoms with Gasteiger partial charge in [-0.2, -0.15) is 0 Å². The van der Waals surface area contributed by atoms with Crippen molar-refractivity contribution < 1.29 is 9.53 Å². The lowest BCUT2D eigenvalue weighted by Crippen LogP contribution is -2.28. The second-order valence-electron chi connectivity index (χ2n) is 4.12. The van der Waals surface area contributed by atoms with Gasteiger partial charge >= 0.3 is 5.97 Å². The molecular formula is C13H15NO2. The molecule has 0 bridgehead atoms. The highest BCUT2D eigenvalue weighted by atomic mass is 16.5. The summed E-state index contributed by atoms with van der Waals surface area (Å²) >= 11 is 0. The van der Waals surface area contributed by atoms with Crippen LogP contribution in [0.25, 0.3) is 0 Å². The molecule has 3 heteroatoms. The predicted octanol–water partition coefficient (Wildman–Crippen LogP) is 1.90. The summed E-state index contributed by atoms with van der Waals surface area (Å²) in [7, 11) is 1.40. The summed E-state index contributed by atoms with van der Waals surface area (Å²) in [6.07, 6.45) is 0.639. The average molecular weight is 217 g/mol. The van der Waals surface area contributed by atoms with E-state index in [9.17, 15) is 4.79 Å². The van der Waals surface area contributed by atoms with Crippen LogP contribution >= 0.6 is 0 Å². The van der Waals surface area contributed by atoms with Gasteiger partial charge in [0.05, 0.1) is 7.11 Å². The fraction of sp³-hybridized carbons (Fsp3) is 0.385. The van der Waals surface area contributed by atoms with Gasteiger partial charge in [-0.3, -0.25) is 4.99 Å². The molecule has 1 aromatic rings. The first-order chi connectivity index (χ1) is 7.61. The molecule has 0 amide bonds. The summed E-state index contributed by atoms with van der Waals surface area (Å²) in [5.74, 6) is -0.259. The van der Waals surface area contributed by atoms with Gasteiger partial charge < -0.3 is 4.74 Å². The quantitative estimate of drug-likeness (QED) is 0.674. The summed E-state index contributed by atoms with van der Waals surface area (Å²) in [6.45, 7) is 3.99. The zero-order chi connectivity index (χ0) is 11.7. The summed E-state index contributed by atoms with van der Waals surface area (Å²) in [4.78, 5) is 15.8. The minimum absolute atomic E-state index is 0.259. The Labute approximate surface area is 95.2 Å². The molecule has 0 saturated carbocycles. The number of ether oxygens (including phenoxy) is 1. The maximum absolute atomic E-state index is 11.5. The van der Waals surface area contributed by atoms with Gasteiger partial charge in [-0.25, -0.2) is 4.79 Å². The molecule has 0 spiro atoms. The van der Waals surface area contributed by atoms with E-state index in [0.717, 1.165) is 11.3 Å². The van der Waals surface area contributed by atoms with Crippen LogP contribution in [-0.4, -0.2) is 24.8 Å². The van der Waals surface area contributed by atoms with E-state index in [2.05, 4.69) is 30.1 Å². The number of fused-ring (bicyclic) bond motifs is 1. The van der Waals surface area contributed by atoms with E-state index in [0.29, 0.717) is 6.42 Å². The van der Waals surface area contributed by atoms with Crippen molar-refractivity contribution in [3.05, 3.63) is 34.9 Å². The fourth-order valence-corrected chi connectivity index (χ4v) is 2.03. The van der Waals surface area contributed by atoms with E-state index in [1.54, 1.807) is 0 Å². The van der Waals surface area contributed by atoms with E-state index in [1.165, 1.54) is 18.2 Å². The zero-order valence-electron chi connectivity index (χ0n) is 9.78. The number of hydrogen-bond donors (Lipinski definition) is 0. The van der Waals surface area contributed by atoms with Crippen LogP contribution in [0.4, 0.5) is 0 Å². The monoisotopic (exact) mass is 217 g/mol. The van der Waals surface area contributed by atoms with Crippen molar-refractivity contribution >= 4 is 11.7 Å². The molecule has 16 heavy (non-hydrogen) atoms. The van der Waals surface area contributed by atoms with E-state index < -0.39 is 0 Å². The van der Waals surface area contributed by atoms with Crippen LogP contribution in [0.15, 0.2) is 23.2 Å². The van der Waals surface area contributed by atoms with Crippen molar-refractivity contribution in [1.29, 1.82) is 0 Å². The summed E-state index contributed by atoms with van der Waals surface area (Å²) in [5.41, 5.74) is 4.46. The molecule has 0 fully saturated rings. The Balaban J connectivity index is 2.39. The molecule has 2 rings (SSSR count). The van der Waals surface area contributed by atoms with Gasteiger partial charge in [0.1, 0.15) is 0 Å². The number of hydrogen-bond acceptors (Lipinski definition) is 3. The molecule has 1 unspecified atom stereocenters.